The number of hydrogen-bond acceptors (Lipinski definition) is 2. The number of esters is 1. The second-order valence-corrected chi connectivity index (χ2v) is 6.35. The zero-order valence-electron chi connectivity index (χ0n) is 13.2. The van der Waals surface area contributed by atoms with Crippen LogP contribution in [0.3, 0.4) is 0 Å². The third-order valence-electron chi connectivity index (χ3n) is 4.15. The van der Waals surface area contributed by atoms with E-state index < -0.39 is 0 Å². The second kappa shape index (κ2) is 6.35. The number of hydrogen-bond donors (Lipinski definition) is 0. The van der Waals surface area contributed by atoms with Crippen molar-refractivity contribution in [3.05, 3.63) is 53.6 Å². The summed E-state index contributed by atoms with van der Waals surface area (Å²) in [6, 6.07) is 12.4. The Balaban J connectivity index is 1.76. The van der Waals surface area contributed by atoms with Crippen molar-refractivity contribution < 1.29 is 9.53 Å². The van der Waals surface area contributed by atoms with Gasteiger partial charge in [0.05, 0.1) is 0 Å². The Morgan fingerprint density at radius 1 is 1.18 bits per heavy atom. The van der Waals surface area contributed by atoms with Crippen LogP contribution in [0.5, 0.6) is 0 Å². The molecule has 1 atom stereocenters. The molecule has 3 rings (SSSR count). The summed E-state index contributed by atoms with van der Waals surface area (Å²) in [5, 5.41) is 2.40. The van der Waals surface area contributed by atoms with Crippen molar-refractivity contribution in [1.29, 1.82) is 0 Å². The maximum atomic E-state index is 12.1. The first-order valence-corrected chi connectivity index (χ1v) is 8.04. The largest absolute Gasteiger partial charge is 0.453 e. The summed E-state index contributed by atoms with van der Waals surface area (Å²) >= 11 is 0. The van der Waals surface area contributed by atoms with E-state index in [0.29, 0.717) is 12.3 Å². The van der Waals surface area contributed by atoms with Gasteiger partial charge in [-0.15, -0.1) is 0 Å². The zero-order valence-corrected chi connectivity index (χ0v) is 13.2. The fourth-order valence-corrected chi connectivity index (χ4v) is 3.03. The highest BCUT2D eigenvalue weighted by molar-refractivity contribution is 5.95. The first-order valence-electron chi connectivity index (χ1n) is 8.04. The van der Waals surface area contributed by atoms with Crippen molar-refractivity contribution in [3.63, 3.8) is 0 Å². The molecule has 1 unspecified atom stereocenters. The first kappa shape index (κ1) is 14.8. The van der Waals surface area contributed by atoms with E-state index in [1.807, 2.05) is 12.1 Å². The second-order valence-electron chi connectivity index (χ2n) is 6.35. The predicted molar refractivity (Wildman–Crippen MR) is 90.5 cm³/mol. The van der Waals surface area contributed by atoms with Crippen LogP contribution in [0.4, 0.5) is 0 Å². The molecule has 0 saturated carbocycles. The molecule has 0 fully saturated rings. The van der Waals surface area contributed by atoms with E-state index >= 15 is 0 Å². The number of carbonyl (C=O) groups is 1. The molecule has 2 nitrogen and oxygen atoms in total. The lowest BCUT2D eigenvalue weighted by atomic mass is 9.91. The van der Waals surface area contributed by atoms with E-state index in [1.54, 1.807) is 0 Å². The Bertz CT molecular complexity index is 707. The average Bonchev–Trinajstić information content (AvgIpc) is 2.50. The number of benzene rings is 2. The monoisotopic (exact) mass is 294 g/mol. The SMILES string of the molecule is CC(C)CCCC(=O)OC1C=Cc2cccc3cccc1c23. The maximum absolute atomic E-state index is 12.1. The van der Waals surface area contributed by atoms with E-state index in [9.17, 15) is 4.79 Å². The third kappa shape index (κ3) is 3.06. The molecule has 2 aromatic carbocycles. The topological polar surface area (TPSA) is 26.3 Å². The summed E-state index contributed by atoms with van der Waals surface area (Å²) in [5.74, 6) is 0.523. The molecule has 0 aromatic heterocycles. The fourth-order valence-electron chi connectivity index (χ4n) is 3.03. The minimum absolute atomic E-state index is 0.105. The van der Waals surface area contributed by atoms with Gasteiger partial charge in [-0.25, -0.2) is 0 Å². The molecule has 2 aromatic rings. The van der Waals surface area contributed by atoms with Crippen LogP contribution in [0.2, 0.25) is 0 Å². The molecular formula is C20H22O2. The highest BCUT2D eigenvalue weighted by Gasteiger charge is 2.20. The Hall–Kier alpha value is -2.09. The van der Waals surface area contributed by atoms with Crippen molar-refractivity contribution in [1.82, 2.24) is 0 Å². The van der Waals surface area contributed by atoms with Gasteiger partial charge in [0.2, 0.25) is 0 Å². The molecule has 0 heterocycles. The molecule has 1 aliphatic carbocycles. The molecule has 0 spiro atoms. The van der Waals surface area contributed by atoms with Gasteiger partial charge in [-0.3, -0.25) is 4.79 Å². The normalized spacial score (nSPS) is 16.2. The van der Waals surface area contributed by atoms with Gasteiger partial charge in [-0.05, 0) is 34.8 Å². The highest BCUT2D eigenvalue weighted by atomic mass is 16.5. The Morgan fingerprint density at radius 3 is 2.73 bits per heavy atom. The van der Waals surface area contributed by atoms with Crippen LogP contribution < -0.4 is 0 Å². The van der Waals surface area contributed by atoms with E-state index in [2.05, 4.69) is 50.3 Å². The molecule has 0 N–H and O–H groups in total. The van der Waals surface area contributed by atoms with Crippen molar-refractivity contribution in [2.75, 3.05) is 0 Å². The molecule has 0 saturated heterocycles. The van der Waals surface area contributed by atoms with Gasteiger partial charge in [-0.2, -0.15) is 0 Å². The first-order chi connectivity index (χ1) is 10.6. The summed E-state index contributed by atoms with van der Waals surface area (Å²) in [5.41, 5.74) is 2.29. The van der Waals surface area contributed by atoms with E-state index in [0.717, 1.165) is 18.4 Å². The van der Waals surface area contributed by atoms with Crippen LogP contribution in [0.15, 0.2) is 42.5 Å². The molecule has 0 amide bonds. The summed E-state index contributed by atoms with van der Waals surface area (Å²) in [4.78, 5) is 12.1. The smallest absolute Gasteiger partial charge is 0.306 e. The summed E-state index contributed by atoms with van der Waals surface area (Å²) < 4.78 is 5.69. The molecule has 1 aliphatic rings. The van der Waals surface area contributed by atoms with E-state index in [4.69, 9.17) is 4.74 Å². The van der Waals surface area contributed by atoms with Crippen molar-refractivity contribution in [2.24, 2.45) is 5.92 Å². The maximum Gasteiger partial charge on any atom is 0.306 e. The van der Waals surface area contributed by atoms with Crippen molar-refractivity contribution in [2.45, 2.75) is 39.2 Å². The van der Waals surface area contributed by atoms with Crippen molar-refractivity contribution in [3.8, 4) is 0 Å². The van der Waals surface area contributed by atoms with Crippen LogP contribution in [-0.2, 0) is 9.53 Å². The average molecular weight is 294 g/mol. The number of carbonyl (C=O) groups excluding carboxylic acids is 1. The van der Waals surface area contributed by atoms with Crippen LogP contribution in [0.1, 0.15) is 50.3 Å². The summed E-state index contributed by atoms with van der Waals surface area (Å²) in [6.07, 6.45) is 6.24. The number of ether oxygens (including phenoxy) is 1. The third-order valence-corrected chi connectivity index (χ3v) is 4.15. The van der Waals surface area contributed by atoms with Gasteiger partial charge in [-0.1, -0.05) is 62.7 Å². The predicted octanol–water partition coefficient (Wildman–Crippen LogP) is 5.28. The Kier molecular flexibility index (Phi) is 4.28. The van der Waals surface area contributed by atoms with Gasteiger partial charge in [0.25, 0.3) is 0 Å². The zero-order chi connectivity index (χ0) is 15.5. The lowest BCUT2D eigenvalue weighted by molar-refractivity contribution is -0.147. The van der Waals surface area contributed by atoms with Gasteiger partial charge in [0, 0.05) is 12.0 Å². The quantitative estimate of drug-likeness (QED) is 0.701. The van der Waals surface area contributed by atoms with Crippen LogP contribution in [0, 0.1) is 5.92 Å². The molecule has 22 heavy (non-hydrogen) atoms. The van der Waals surface area contributed by atoms with E-state index in [-0.39, 0.29) is 12.1 Å². The summed E-state index contributed by atoms with van der Waals surface area (Å²) in [7, 11) is 0. The minimum Gasteiger partial charge on any atom is -0.453 e. The fraction of sp³-hybridized carbons (Fsp3) is 0.350. The lowest BCUT2D eigenvalue weighted by Gasteiger charge is -2.21. The number of rotatable bonds is 5. The van der Waals surface area contributed by atoms with Gasteiger partial charge in [0.1, 0.15) is 6.10 Å². The van der Waals surface area contributed by atoms with Gasteiger partial charge in [0.15, 0.2) is 0 Å². The van der Waals surface area contributed by atoms with Crippen molar-refractivity contribution >= 4 is 22.8 Å². The Morgan fingerprint density at radius 2 is 1.95 bits per heavy atom. The molecule has 2 heteroatoms. The molecular weight excluding hydrogens is 272 g/mol. The van der Waals surface area contributed by atoms with Crippen LogP contribution >= 0.6 is 0 Å². The molecule has 0 aliphatic heterocycles. The highest BCUT2D eigenvalue weighted by Crippen LogP contribution is 2.35. The Labute approximate surface area is 131 Å². The molecule has 0 bridgehead atoms. The lowest BCUT2D eigenvalue weighted by Crippen LogP contribution is -2.12. The molecule has 0 radical (unpaired) electrons. The van der Waals surface area contributed by atoms with Crippen LogP contribution in [0.25, 0.3) is 16.8 Å². The van der Waals surface area contributed by atoms with Gasteiger partial charge >= 0.3 is 5.97 Å². The van der Waals surface area contributed by atoms with E-state index in [1.165, 1.54) is 16.3 Å². The van der Waals surface area contributed by atoms with Gasteiger partial charge < -0.3 is 4.74 Å². The summed E-state index contributed by atoms with van der Waals surface area (Å²) in [6.45, 7) is 4.35. The minimum atomic E-state index is -0.259. The van der Waals surface area contributed by atoms with Crippen LogP contribution in [-0.4, -0.2) is 5.97 Å². The standard InChI is InChI=1S/C20H22O2/c1-14(2)6-3-11-19(21)22-18-13-12-16-8-4-7-15-9-5-10-17(18)20(15)16/h4-5,7-10,12-14,18H,3,6,11H2,1-2H3. The molecule has 114 valence electrons.